The number of Topliss-reactive ketones (excluding diaryl/α,β-unsaturated/α-hetero) is 1. The highest BCUT2D eigenvalue weighted by atomic mass is 16.3. The minimum atomic E-state index is -0.165. The normalized spacial score (nSPS) is 54.2. The average molecular weight is 441 g/mol. The van der Waals surface area contributed by atoms with E-state index < -0.39 is 0 Å². The van der Waals surface area contributed by atoms with Crippen molar-refractivity contribution in [1.29, 1.82) is 0 Å². The van der Waals surface area contributed by atoms with E-state index in [0.717, 1.165) is 12.8 Å². The highest BCUT2D eigenvalue weighted by Crippen LogP contribution is 2.77. The Kier molecular flexibility index (Phi) is 5.03. The van der Waals surface area contributed by atoms with E-state index in [9.17, 15) is 9.90 Å². The molecule has 2 nitrogen and oxygen atoms in total. The van der Waals surface area contributed by atoms with Crippen LogP contribution in [0.5, 0.6) is 0 Å². The second-order valence-corrected chi connectivity index (χ2v) is 14.4. The molecule has 0 aromatic heterocycles. The lowest BCUT2D eigenvalue weighted by atomic mass is 9.32. The summed E-state index contributed by atoms with van der Waals surface area (Å²) in [5.74, 6) is 3.65. The number of allylic oxidation sites excluding steroid dienone is 1. The van der Waals surface area contributed by atoms with Crippen molar-refractivity contribution >= 4 is 5.78 Å². The van der Waals surface area contributed by atoms with Crippen molar-refractivity contribution in [3.05, 3.63) is 12.2 Å². The molecule has 0 spiro atoms. The summed E-state index contributed by atoms with van der Waals surface area (Å²) in [5.41, 5.74) is 2.27. The van der Waals surface area contributed by atoms with Crippen LogP contribution in [0.15, 0.2) is 12.2 Å². The summed E-state index contributed by atoms with van der Waals surface area (Å²) in [5, 5.41) is 10.6. The predicted molar refractivity (Wildman–Crippen MR) is 131 cm³/mol. The molecule has 0 aliphatic heterocycles. The van der Waals surface area contributed by atoms with Gasteiger partial charge in [0.05, 0.1) is 0 Å². The van der Waals surface area contributed by atoms with E-state index >= 15 is 0 Å². The van der Waals surface area contributed by atoms with Crippen LogP contribution in [0, 0.1) is 56.7 Å². The number of aliphatic hydroxyl groups excluding tert-OH is 1. The number of hydrogen-bond acceptors (Lipinski definition) is 2. The minimum Gasteiger partial charge on any atom is -0.396 e. The highest BCUT2D eigenvalue weighted by molar-refractivity contribution is 5.85. The van der Waals surface area contributed by atoms with Crippen LogP contribution in [0.1, 0.15) is 106 Å². The molecule has 5 aliphatic carbocycles. The number of carbonyl (C=O) groups excluding carboxylic acids is 1. The molecule has 0 amide bonds. The van der Waals surface area contributed by atoms with Gasteiger partial charge >= 0.3 is 0 Å². The van der Waals surface area contributed by atoms with Crippen molar-refractivity contribution in [2.45, 2.75) is 106 Å². The number of hydrogen-bond donors (Lipinski definition) is 1. The lowest BCUT2D eigenvalue weighted by molar-refractivity contribution is -0.236. The first-order valence-corrected chi connectivity index (χ1v) is 13.7. The van der Waals surface area contributed by atoms with Crippen LogP contribution in [0.2, 0.25) is 0 Å². The second kappa shape index (κ2) is 6.96. The van der Waals surface area contributed by atoms with Crippen molar-refractivity contribution < 1.29 is 9.90 Å². The van der Waals surface area contributed by atoms with Crippen LogP contribution in [0.3, 0.4) is 0 Å². The molecule has 0 bridgehead atoms. The molecule has 0 aromatic rings. The third-order valence-electron chi connectivity index (χ3n) is 13.3. The molecule has 5 rings (SSSR count). The molecule has 32 heavy (non-hydrogen) atoms. The number of aliphatic hydroxyl groups is 1. The summed E-state index contributed by atoms with van der Waals surface area (Å²) in [6, 6.07) is 0. The third-order valence-corrected chi connectivity index (χ3v) is 13.3. The lowest BCUT2D eigenvalue weighted by Gasteiger charge is -2.72. The fourth-order valence-electron chi connectivity index (χ4n) is 11.4. The Hall–Kier alpha value is -0.630. The summed E-state index contributed by atoms with van der Waals surface area (Å²) < 4.78 is 0. The van der Waals surface area contributed by atoms with Crippen molar-refractivity contribution in [1.82, 2.24) is 0 Å². The van der Waals surface area contributed by atoms with E-state index in [1.165, 1.54) is 56.9 Å². The molecule has 1 N–H and O–H groups in total. The van der Waals surface area contributed by atoms with E-state index in [4.69, 9.17) is 0 Å². The maximum Gasteiger partial charge on any atom is 0.138 e. The lowest BCUT2D eigenvalue weighted by Crippen LogP contribution is -2.66. The Balaban J connectivity index is 1.56. The summed E-state index contributed by atoms with van der Waals surface area (Å²) >= 11 is 0. The number of rotatable bonds is 2. The molecule has 5 aliphatic rings. The van der Waals surface area contributed by atoms with Crippen molar-refractivity contribution in [3.63, 3.8) is 0 Å². The molecule has 0 saturated heterocycles. The Labute approximate surface area is 197 Å². The fraction of sp³-hybridized carbons (Fsp3) is 0.900. The smallest absolute Gasteiger partial charge is 0.138 e. The number of ketones is 1. The maximum absolute atomic E-state index is 12.9. The molecular weight excluding hydrogens is 392 g/mol. The monoisotopic (exact) mass is 440 g/mol. The second-order valence-electron chi connectivity index (χ2n) is 14.4. The SMILES string of the molecule is C=C(C)[C@@H]1CC[C@]2(CO)CC[C@]3(C)[C@H](CC[C@@H]4[C@@]5(C)CCC(=O)C(C)(C)[C@@H]5CC[C@]43C)[C@H]12. The van der Waals surface area contributed by atoms with Crippen LogP contribution in [0.4, 0.5) is 0 Å². The number of carbonyl (C=O) groups is 1. The number of fused-ring (bicyclic) bond motifs is 7. The van der Waals surface area contributed by atoms with Crippen molar-refractivity contribution in [2.75, 3.05) is 6.61 Å². The van der Waals surface area contributed by atoms with Gasteiger partial charge in [0.2, 0.25) is 0 Å². The summed E-state index contributed by atoms with van der Waals surface area (Å²) in [4.78, 5) is 12.9. The zero-order chi connectivity index (χ0) is 23.3. The van der Waals surface area contributed by atoms with Gasteiger partial charge in [0, 0.05) is 18.4 Å². The Morgan fingerprint density at radius 3 is 2.28 bits per heavy atom. The standard InChI is InChI=1S/C30H48O2/c1-19(2)20-10-15-30(18-31)17-16-28(6)21(25(20)30)8-9-23-27(5)13-12-24(32)26(3,4)22(27)11-14-29(23,28)7/h20-23,25,31H,1,8-18H2,2-7H3/t20-,21+,22-,23+,25-,27-,28+,29+,30+/m0/s1. The summed E-state index contributed by atoms with van der Waals surface area (Å²) in [6.45, 7) is 19.4. The van der Waals surface area contributed by atoms with Gasteiger partial charge in [-0.05, 0) is 116 Å². The first-order valence-electron chi connectivity index (χ1n) is 13.7. The molecule has 2 heteroatoms. The predicted octanol–water partition coefficient (Wildman–Crippen LogP) is 7.21. The van der Waals surface area contributed by atoms with Gasteiger partial charge in [-0.15, -0.1) is 0 Å². The van der Waals surface area contributed by atoms with Crippen LogP contribution >= 0.6 is 0 Å². The largest absolute Gasteiger partial charge is 0.396 e. The molecule has 180 valence electrons. The molecule has 9 atom stereocenters. The van der Waals surface area contributed by atoms with Crippen LogP contribution in [-0.2, 0) is 4.79 Å². The molecule has 0 unspecified atom stereocenters. The van der Waals surface area contributed by atoms with Crippen molar-refractivity contribution in [3.8, 4) is 0 Å². The van der Waals surface area contributed by atoms with E-state index in [2.05, 4.69) is 48.1 Å². The zero-order valence-corrected chi connectivity index (χ0v) is 21.7. The van der Waals surface area contributed by atoms with E-state index in [1.807, 2.05) is 0 Å². The molecular formula is C30H48O2. The van der Waals surface area contributed by atoms with Gasteiger partial charge < -0.3 is 5.11 Å². The van der Waals surface area contributed by atoms with Crippen LogP contribution < -0.4 is 0 Å². The topological polar surface area (TPSA) is 37.3 Å². The minimum absolute atomic E-state index is 0.136. The molecule has 0 heterocycles. The Morgan fingerprint density at radius 1 is 0.906 bits per heavy atom. The van der Waals surface area contributed by atoms with Gasteiger partial charge in [-0.1, -0.05) is 46.8 Å². The van der Waals surface area contributed by atoms with E-state index in [0.29, 0.717) is 52.8 Å². The average Bonchev–Trinajstić information content (AvgIpc) is 3.12. The zero-order valence-electron chi connectivity index (χ0n) is 21.7. The van der Waals surface area contributed by atoms with Gasteiger partial charge in [0.25, 0.3) is 0 Å². The summed E-state index contributed by atoms with van der Waals surface area (Å²) in [6.07, 6.45) is 11.9. The van der Waals surface area contributed by atoms with E-state index in [1.54, 1.807) is 0 Å². The first kappa shape index (κ1) is 23.1. The van der Waals surface area contributed by atoms with Crippen molar-refractivity contribution in [2.24, 2.45) is 56.7 Å². The molecule has 0 radical (unpaired) electrons. The fourth-order valence-corrected chi connectivity index (χ4v) is 11.4. The van der Waals surface area contributed by atoms with Crippen LogP contribution in [0.25, 0.3) is 0 Å². The third kappa shape index (κ3) is 2.60. The van der Waals surface area contributed by atoms with Crippen LogP contribution in [-0.4, -0.2) is 17.5 Å². The van der Waals surface area contributed by atoms with E-state index in [-0.39, 0.29) is 16.2 Å². The maximum atomic E-state index is 12.9. The summed E-state index contributed by atoms with van der Waals surface area (Å²) in [7, 11) is 0. The Morgan fingerprint density at radius 2 is 1.62 bits per heavy atom. The Bertz CT molecular complexity index is 827. The molecule has 5 saturated carbocycles. The van der Waals surface area contributed by atoms with Gasteiger partial charge in [0.15, 0.2) is 0 Å². The first-order chi connectivity index (χ1) is 14.9. The van der Waals surface area contributed by atoms with Gasteiger partial charge in [0.1, 0.15) is 5.78 Å². The molecule has 0 aromatic carbocycles. The van der Waals surface area contributed by atoms with Gasteiger partial charge in [-0.3, -0.25) is 4.79 Å². The molecule has 5 fully saturated rings. The van der Waals surface area contributed by atoms with Gasteiger partial charge in [-0.25, -0.2) is 0 Å². The highest BCUT2D eigenvalue weighted by Gasteiger charge is 2.70. The quantitative estimate of drug-likeness (QED) is 0.461. The van der Waals surface area contributed by atoms with Gasteiger partial charge in [-0.2, -0.15) is 0 Å².